The zero-order valence-corrected chi connectivity index (χ0v) is 13.5. The third-order valence-electron chi connectivity index (χ3n) is 3.68. The number of hydrogen-bond donors (Lipinski definition) is 1. The summed E-state index contributed by atoms with van der Waals surface area (Å²) in [5.74, 6) is 0.928. The summed E-state index contributed by atoms with van der Waals surface area (Å²) in [6.45, 7) is 4.06. The van der Waals surface area contributed by atoms with Crippen LogP contribution in [0.5, 0.6) is 5.75 Å². The number of rotatable bonds is 6. The fourth-order valence-electron chi connectivity index (χ4n) is 2.41. The van der Waals surface area contributed by atoms with E-state index in [1.165, 1.54) is 11.1 Å². The molecule has 2 rings (SSSR count). The molecule has 0 saturated carbocycles. The predicted molar refractivity (Wildman–Crippen MR) is 90.5 cm³/mol. The van der Waals surface area contributed by atoms with Gasteiger partial charge in [-0.05, 0) is 56.0 Å². The molecule has 0 heterocycles. The molecule has 3 heteroatoms. The van der Waals surface area contributed by atoms with Crippen molar-refractivity contribution in [3.05, 3.63) is 59.2 Å². The Morgan fingerprint density at radius 1 is 1.09 bits per heavy atom. The first-order valence-corrected chi connectivity index (χ1v) is 7.58. The SMILES string of the molecule is COc1ccc(CCCC(=O)Nc2ccc(C)cc2C)cc1. The maximum atomic E-state index is 12.0. The van der Waals surface area contributed by atoms with Crippen molar-refractivity contribution in [3.8, 4) is 5.75 Å². The zero-order chi connectivity index (χ0) is 15.9. The van der Waals surface area contributed by atoms with E-state index in [0.717, 1.165) is 29.8 Å². The lowest BCUT2D eigenvalue weighted by molar-refractivity contribution is -0.116. The van der Waals surface area contributed by atoms with Crippen molar-refractivity contribution in [2.75, 3.05) is 12.4 Å². The number of hydrogen-bond acceptors (Lipinski definition) is 2. The van der Waals surface area contributed by atoms with Crippen LogP contribution in [0.1, 0.15) is 29.5 Å². The van der Waals surface area contributed by atoms with Gasteiger partial charge in [0.2, 0.25) is 5.91 Å². The highest BCUT2D eigenvalue weighted by Gasteiger charge is 2.05. The molecule has 0 radical (unpaired) electrons. The molecule has 0 atom stereocenters. The van der Waals surface area contributed by atoms with Crippen LogP contribution in [-0.2, 0) is 11.2 Å². The van der Waals surface area contributed by atoms with Gasteiger partial charge >= 0.3 is 0 Å². The summed E-state index contributed by atoms with van der Waals surface area (Å²) < 4.78 is 5.13. The maximum absolute atomic E-state index is 12.0. The molecular weight excluding hydrogens is 274 g/mol. The van der Waals surface area contributed by atoms with Gasteiger partial charge in [-0.2, -0.15) is 0 Å². The van der Waals surface area contributed by atoms with Crippen molar-refractivity contribution in [2.24, 2.45) is 0 Å². The molecule has 116 valence electrons. The topological polar surface area (TPSA) is 38.3 Å². The molecule has 1 amide bonds. The Bertz CT molecular complexity index is 632. The lowest BCUT2D eigenvalue weighted by Gasteiger charge is -2.09. The molecule has 22 heavy (non-hydrogen) atoms. The highest BCUT2D eigenvalue weighted by Crippen LogP contribution is 2.17. The van der Waals surface area contributed by atoms with E-state index in [4.69, 9.17) is 4.74 Å². The van der Waals surface area contributed by atoms with Crippen LogP contribution in [0.2, 0.25) is 0 Å². The second-order valence-corrected chi connectivity index (χ2v) is 5.57. The van der Waals surface area contributed by atoms with Crippen LogP contribution in [0.4, 0.5) is 5.69 Å². The highest BCUT2D eigenvalue weighted by molar-refractivity contribution is 5.91. The van der Waals surface area contributed by atoms with E-state index in [1.807, 2.05) is 50.2 Å². The first-order valence-electron chi connectivity index (χ1n) is 7.58. The Balaban J connectivity index is 1.79. The largest absolute Gasteiger partial charge is 0.497 e. The number of ether oxygens (including phenoxy) is 1. The number of carbonyl (C=O) groups excluding carboxylic acids is 1. The van der Waals surface area contributed by atoms with Gasteiger partial charge in [0, 0.05) is 12.1 Å². The van der Waals surface area contributed by atoms with Crippen LogP contribution in [0.3, 0.4) is 0 Å². The van der Waals surface area contributed by atoms with Gasteiger partial charge in [0.15, 0.2) is 0 Å². The predicted octanol–water partition coefficient (Wildman–Crippen LogP) is 4.27. The number of benzene rings is 2. The molecule has 0 unspecified atom stereocenters. The number of nitrogens with one attached hydrogen (secondary N) is 1. The van der Waals surface area contributed by atoms with Crippen molar-refractivity contribution in [1.29, 1.82) is 0 Å². The molecule has 0 aliphatic rings. The Kier molecular flexibility index (Phi) is 5.59. The van der Waals surface area contributed by atoms with Crippen LogP contribution in [-0.4, -0.2) is 13.0 Å². The van der Waals surface area contributed by atoms with Gasteiger partial charge in [-0.3, -0.25) is 4.79 Å². The third kappa shape index (κ3) is 4.62. The lowest BCUT2D eigenvalue weighted by atomic mass is 10.1. The second-order valence-electron chi connectivity index (χ2n) is 5.57. The van der Waals surface area contributed by atoms with Crippen LogP contribution in [0.15, 0.2) is 42.5 Å². The van der Waals surface area contributed by atoms with Crippen LogP contribution >= 0.6 is 0 Å². The molecule has 1 N–H and O–H groups in total. The number of carbonyl (C=O) groups is 1. The molecule has 0 fully saturated rings. The summed E-state index contributed by atoms with van der Waals surface area (Å²) >= 11 is 0. The monoisotopic (exact) mass is 297 g/mol. The fraction of sp³-hybridized carbons (Fsp3) is 0.316. The van der Waals surface area contributed by atoms with E-state index in [2.05, 4.69) is 11.4 Å². The Morgan fingerprint density at radius 3 is 2.45 bits per heavy atom. The van der Waals surface area contributed by atoms with Gasteiger partial charge in [0.05, 0.1) is 7.11 Å². The summed E-state index contributed by atoms with van der Waals surface area (Å²) in [6.07, 6.45) is 2.26. The summed E-state index contributed by atoms with van der Waals surface area (Å²) in [6, 6.07) is 14.0. The van der Waals surface area contributed by atoms with Gasteiger partial charge in [0.25, 0.3) is 0 Å². The van der Waals surface area contributed by atoms with Gasteiger partial charge in [-0.25, -0.2) is 0 Å². The Hall–Kier alpha value is -2.29. The first kappa shape index (κ1) is 16.1. The molecule has 0 saturated heterocycles. The normalized spacial score (nSPS) is 10.3. The van der Waals surface area contributed by atoms with Crippen molar-refractivity contribution >= 4 is 11.6 Å². The van der Waals surface area contributed by atoms with Crippen LogP contribution in [0, 0.1) is 13.8 Å². The van der Waals surface area contributed by atoms with Crippen molar-refractivity contribution < 1.29 is 9.53 Å². The average molecular weight is 297 g/mol. The molecule has 0 aliphatic heterocycles. The van der Waals surface area contributed by atoms with Crippen molar-refractivity contribution in [3.63, 3.8) is 0 Å². The molecule has 2 aromatic rings. The quantitative estimate of drug-likeness (QED) is 0.864. The third-order valence-corrected chi connectivity index (χ3v) is 3.68. The summed E-state index contributed by atoms with van der Waals surface area (Å²) in [5, 5.41) is 2.98. The molecule has 2 aromatic carbocycles. The maximum Gasteiger partial charge on any atom is 0.224 e. The van der Waals surface area contributed by atoms with Crippen molar-refractivity contribution in [2.45, 2.75) is 33.1 Å². The minimum Gasteiger partial charge on any atom is -0.497 e. The van der Waals surface area contributed by atoms with E-state index < -0.39 is 0 Å². The van der Waals surface area contributed by atoms with Crippen LogP contribution in [0.25, 0.3) is 0 Å². The second kappa shape index (κ2) is 7.64. The van der Waals surface area contributed by atoms with Gasteiger partial charge in [0.1, 0.15) is 5.75 Å². The van der Waals surface area contributed by atoms with Gasteiger partial charge < -0.3 is 10.1 Å². The summed E-state index contributed by atoms with van der Waals surface area (Å²) in [5.41, 5.74) is 4.43. The number of aryl methyl sites for hydroxylation is 3. The minimum atomic E-state index is 0.0699. The lowest BCUT2D eigenvalue weighted by Crippen LogP contribution is -2.12. The Morgan fingerprint density at radius 2 is 1.82 bits per heavy atom. The molecule has 0 spiro atoms. The van der Waals surface area contributed by atoms with E-state index in [1.54, 1.807) is 7.11 Å². The molecule has 0 bridgehead atoms. The molecule has 0 aromatic heterocycles. The molecule has 3 nitrogen and oxygen atoms in total. The van der Waals surface area contributed by atoms with E-state index in [9.17, 15) is 4.79 Å². The number of anilines is 1. The minimum absolute atomic E-state index is 0.0699. The highest BCUT2D eigenvalue weighted by atomic mass is 16.5. The summed E-state index contributed by atoms with van der Waals surface area (Å²) in [7, 11) is 1.66. The molecular formula is C19H23NO2. The first-order chi connectivity index (χ1) is 10.6. The smallest absolute Gasteiger partial charge is 0.224 e. The van der Waals surface area contributed by atoms with E-state index >= 15 is 0 Å². The average Bonchev–Trinajstić information content (AvgIpc) is 2.51. The van der Waals surface area contributed by atoms with E-state index in [0.29, 0.717) is 6.42 Å². The zero-order valence-electron chi connectivity index (χ0n) is 13.5. The van der Waals surface area contributed by atoms with E-state index in [-0.39, 0.29) is 5.91 Å². The summed E-state index contributed by atoms with van der Waals surface area (Å²) in [4.78, 5) is 12.0. The standard InChI is InChI=1S/C19H23NO2/c1-14-7-12-18(15(2)13-14)20-19(21)6-4-5-16-8-10-17(22-3)11-9-16/h7-13H,4-6H2,1-3H3,(H,20,21). The van der Waals surface area contributed by atoms with Crippen molar-refractivity contribution in [1.82, 2.24) is 0 Å². The fourth-order valence-corrected chi connectivity index (χ4v) is 2.41. The van der Waals surface area contributed by atoms with Gasteiger partial charge in [-0.15, -0.1) is 0 Å². The number of amides is 1. The Labute approximate surface area is 132 Å². The molecule has 0 aliphatic carbocycles. The van der Waals surface area contributed by atoms with Crippen LogP contribution < -0.4 is 10.1 Å². The van der Waals surface area contributed by atoms with Gasteiger partial charge in [-0.1, -0.05) is 29.8 Å². The number of methoxy groups -OCH3 is 1.